The van der Waals surface area contributed by atoms with Crippen molar-refractivity contribution in [3.63, 3.8) is 0 Å². The van der Waals surface area contributed by atoms with E-state index in [0.29, 0.717) is 22.7 Å². The molecule has 0 aromatic heterocycles. The monoisotopic (exact) mass is 211 g/mol. The first-order valence-electron chi connectivity index (χ1n) is 4.38. The number of hydrogen-bond acceptors (Lipinski definition) is 2. The third kappa shape index (κ3) is 2.76. The van der Waals surface area contributed by atoms with Crippen molar-refractivity contribution < 1.29 is 5.11 Å². The Hall–Kier alpha value is -0.990. The van der Waals surface area contributed by atoms with E-state index in [0.717, 1.165) is 5.57 Å². The average molecular weight is 212 g/mol. The van der Waals surface area contributed by atoms with Crippen LogP contribution in [0.15, 0.2) is 30.4 Å². The standard InChI is InChI=1S/C11H14ClNO/c1-7(2)5-11(14)9-4-3-8(12)6-10(9)13/h3-4,6,11,14H,1,5,13H2,2H3. The number of anilines is 1. The summed E-state index contributed by atoms with van der Waals surface area (Å²) >= 11 is 5.75. The molecule has 0 amide bonds. The van der Waals surface area contributed by atoms with Crippen molar-refractivity contribution in [2.45, 2.75) is 19.4 Å². The minimum atomic E-state index is -0.593. The SMILES string of the molecule is C=C(C)CC(O)c1ccc(Cl)cc1N. The molecule has 1 unspecified atom stereocenters. The van der Waals surface area contributed by atoms with Crippen LogP contribution in [-0.4, -0.2) is 5.11 Å². The molecule has 0 aliphatic heterocycles. The fraction of sp³-hybridized carbons (Fsp3) is 0.273. The molecule has 1 atom stereocenters. The van der Waals surface area contributed by atoms with Gasteiger partial charge in [-0.1, -0.05) is 23.2 Å². The van der Waals surface area contributed by atoms with Gasteiger partial charge in [0.2, 0.25) is 0 Å². The summed E-state index contributed by atoms with van der Waals surface area (Å²) in [6.07, 6.45) is -0.0731. The highest BCUT2D eigenvalue weighted by atomic mass is 35.5. The Morgan fingerprint density at radius 3 is 2.79 bits per heavy atom. The van der Waals surface area contributed by atoms with Gasteiger partial charge in [0.15, 0.2) is 0 Å². The third-order valence-electron chi connectivity index (χ3n) is 1.95. The van der Waals surface area contributed by atoms with E-state index >= 15 is 0 Å². The maximum atomic E-state index is 9.78. The molecule has 14 heavy (non-hydrogen) atoms. The lowest BCUT2D eigenvalue weighted by Crippen LogP contribution is -2.02. The van der Waals surface area contributed by atoms with E-state index in [1.54, 1.807) is 18.2 Å². The number of rotatable bonds is 3. The summed E-state index contributed by atoms with van der Waals surface area (Å²) in [5.41, 5.74) is 7.87. The minimum Gasteiger partial charge on any atom is -0.398 e. The summed E-state index contributed by atoms with van der Waals surface area (Å²) < 4.78 is 0. The number of benzene rings is 1. The zero-order valence-electron chi connectivity index (χ0n) is 8.13. The molecule has 0 fully saturated rings. The molecule has 1 rings (SSSR count). The number of aliphatic hydroxyl groups is 1. The van der Waals surface area contributed by atoms with Crippen LogP contribution in [0.5, 0.6) is 0 Å². The van der Waals surface area contributed by atoms with Crippen molar-refractivity contribution in [2.24, 2.45) is 0 Å². The largest absolute Gasteiger partial charge is 0.398 e. The van der Waals surface area contributed by atoms with Gasteiger partial charge in [0.1, 0.15) is 0 Å². The highest BCUT2D eigenvalue weighted by Crippen LogP contribution is 2.27. The van der Waals surface area contributed by atoms with E-state index in [9.17, 15) is 5.11 Å². The summed E-state index contributed by atoms with van der Waals surface area (Å²) in [5.74, 6) is 0. The predicted molar refractivity (Wildman–Crippen MR) is 60.3 cm³/mol. The van der Waals surface area contributed by atoms with Crippen LogP contribution in [0.2, 0.25) is 5.02 Å². The van der Waals surface area contributed by atoms with E-state index in [-0.39, 0.29) is 0 Å². The first kappa shape index (κ1) is 11.1. The molecule has 1 aromatic carbocycles. The molecule has 0 aliphatic carbocycles. The molecule has 0 radical (unpaired) electrons. The van der Waals surface area contributed by atoms with Gasteiger partial charge >= 0.3 is 0 Å². The number of hydrogen-bond donors (Lipinski definition) is 2. The van der Waals surface area contributed by atoms with Crippen molar-refractivity contribution in [3.05, 3.63) is 40.9 Å². The Morgan fingerprint density at radius 2 is 2.29 bits per heavy atom. The van der Waals surface area contributed by atoms with Crippen LogP contribution in [0.25, 0.3) is 0 Å². The van der Waals surface area contributed by atoms with Crippen molar-refractivity contribution in [1.82, 2.24) is 0 Å². The topological polar surface area (TPSA) is 46.2 Å². The van der Waals surface area contributed by atoms with Gasteiger partial charge in [-0.25, -0.2) is 0 Å². The Balaban J connectivity index is 2.90. The van der Waals surface area contributed by atoms with Gasteiger partial charge < -0.3 is 10.8 Å². The second kappa shape index (κ2) is 4.49. The summed E-state index contributed by atoms with van der Waals surface area (Å²) in [7, 11) is 0. The van der Waals surface area contributed by atoms with Gasteiger partial charge in [-0.2, -0.15) is 0 Å². The van der Waals surface area contributed by atoms with Crippen molar-refractivity contribution in [1.29, 1.82) is 0 Å². The van der Waals surface area contributed by atoms with Gasteiger partial charge in [-0.3, -0.25) is 0 Å². The van der Waals surface area contributed by atoms with E-state index in [1.165, 1.54) is 0 Å². The smallest absolute Gasteiger partial charge is 0.0846 e. The number of aliphatic hydroxyl groups excluding tert-OH is 1. The molecular weight excluding hydrogens is 198 g/mol. The molecular formula is C11H14ClNO. The predicted octanol–water partition coefficient (Wildman–Crippen LogP) is 2.92. The number of nitrogen functional groups attached to an aromatic ring is 1. The van der Waals surface area contributed by atoms with Crippen LogP contribution in [0.3, 0.4) is 0 Å². The molecule has 1 aromatic rings. The van der Waals surface area contributed by atoms with Crippen molar-refractivity contribution in [2.75, 3.05) is 5.73 Å². The summed E-state index contributed by atoms with van der Waals surface area (Å²) in [6, 6.07) is 5.10. The Bertz CT molecular complexity index is 349. The molecule has 0 heterocycles. The second-order valence-corrected chi connectivity index (χ2v) is 3.89. The molecule has 0 saturated heterocycles. The first-order valence-corrected chi connectivity index (χ1v) is 4.76. The van der Waals surface area contributed by atoms with Gasteiger partial charge in [0, 0.05) is 16.3 Å². The molecule has 3 N–H and O–H groups in total. The molecule has 76 valence electrons. The van der Waals surface area contributed by atoms with E-state index in [1.807, 2.05) is 6.92 Å². The highest BCUT2D eigenvalue weighted by Gasteiger charge is 2.10. The Kier molecular flexibility index (Phi) is 3.55. The number of nitrogens with two attached hydrogens (primary N) is 1. The van der Waals surface area contributed by atoms with Crippen LogP contribution >= 0.6 is 11.6 Å². The van der Waals surface area contributed by atoms with Crippen molar-refractivity contribution >= 4 is 17.3 Å². The molecule has 0 bridgehead atoms. The molecule has 2 nitrogen and oxygen atoms in total. The van der Waals surface area contributed by atoms with E-state index in [2.05, 4.69) is 6.58 Å². The fourth-order valence-electron chi connectivity index (χ4n) is 1.29. The lowest BCUT2D eigenvalue weighted by atomic mass is 10.0. The summed E-state index contributed by atoms with van der Waals surface area (Å²) in [4.78, 5) is 0. The maximum absolute atomic E-state index is 9.78. The molecule has 0 spiro atoms. The van der Waals surface area contributed by atoms with Crippen LogP contribution in [0, 0.1) is 0 Å². The average Bonchev–Trinajstić information content (AvgIpc) is 2.01. The lowest BCUT2D eigenvalue weighted by molar-refractivity contribution is 0.179. The molecule has 0 saturated carbocycles. The van der Waals surface area contributed by atoms with Crippen LogP contribution in [0.4, 0.5) is 5.69 Å². The van der Waals surface area contributed by atoms with Crippen LogP contribution in [-0.2, 0) is 0 Å². The van der Waals surface area contributed by atoms with E-state index in [4.69, 9.17) is 17.3 Å². The van der Waals surface area contributed by atoms with Crippen molar-refractivity contribution in [3.8, 4) is 0 Å². The van der Waals surface area contributed by atoms with Gasteiger partial charge in [0.05, 0.1) is 6.10 Å². The van der Waals surface area contributed by atoms with Crippen LogP contribution in [0.1, 0.15) is 25.0 Å². The third-order valence-corrected chi connectivity index (χ3v) is 2.18. The number of halogens is 1. The lowest BCUT2D eigenvalue weighted by Gasteiger charge is -2.13. The Morgan fingerprint density at radius 1 is 1.64 bits per heavy atom. The zero-order valence-corrected chi connectivity index (χ0v) is 8.88. The minimum absolute atomic E-state index is 0.520. The zero-order chi connectivity index (χ0) is 10.7. The van der Waals surface area contributed by atoms with Crippen LogP contribution < -0.4 is 5.73 Å². The quantitative estimate of drug-likeness (QED) is 0.597. The van der Waals surface area contributed by atoms with Gasteiger partial charge in [-0.15, -0.1) is 6.58 Å². The second-order valence-electron chi connectivity index (χ2n) is 3.45. The normalized spacial score (nSPS) is 12.5. The molecule has 0 aliphatic rings. The summed E-state index contributed by atoms with van der Waals surface area (Å²) in [5, 5.41) is 10.4. The first-order chi connectivity index (χ1) is 6.50. The highest BCUT2D eigenvalue weighted by molar-refractivity contribution is 6.30. The van der Waals surface area contributed by atoms with Gasteiger partial charge in [-0.05, 0) is 25.5 Å². The van der Waals surface area contributed by atoms with E-state index < -0.39 is 6.10 Å². The fourth-order valence-corrected chi connectivity index (χ4v) is 1.47. The van der Waals surface area contributed by atoms with Gasteiger partial charge in [0.25, 0.3) is 0 Å². The Labute approximate surface area is 89.0 Å². The maximum Gasteiger partial charge on any atom is 0.0846 e. The molecule has 3 heteroatoms. The summed E-state index contributed by atoms with van der Waals surface area (Å²) in [6.45, 7) is 5.61.